The summed E-state index contributed by atoms with van der Waals surface area (Å²) in [4.78, 5) is 4.12. The standard InChI is InChI=1S/C11H12ClN3O/c1-8-14-11(15-16-8)6-7-13-10-4-2-9(12)3-5-10/h2-5,13H,6-7H2,1H3. The topological polar surface area (TPSA) is 51.0 Å². The number of nitrogens with one attached hydrogen (secondary N) is 1. The van der Waals surface area contributed by atoms with Gasteiger partial charge in [0.05, 0.1) is 0 Å². The van der Waals surface area contributed by atoms with Gasteiger partial charge in [0.15, 0.2) is 5.82 Å². The number of hydrogen-bond acceptors (Lipinski definition) is 4. The SMILES string of the molecule is Cc1nc(CCNc2ccc(Cl)cc2)no1. The largest absolute Gasteiger partial charge is 0.385 e. The highest BCUT2D eigenvalue weighted by Crippen LogP contribution is 2.13. The van der Waals surface area contributed by atoms with E-state index in [1.54, 1.807) is 6.92 Å². The number of hydrogen-bond donors (Lipinski definition) is 1. The van der Waals surface area contributed by atoms with Gasteiger partial charge in [-0.2, -0.15) is 4.98 Å². The smallest absolute Gasteiger partial charge is 0.223 e. The lowest BCUT2D eigenvalue weighted by Crippen LogP contribution is -2.05. The van der Waals surface area contributed by atoms with Crippen LogP contribution in [0.5, 0.6) is 0 Å². The summed E-state index contributed by atoms with van der Waals surface area (Å²) in [6.07, 6.45) is 0.736. The first-order valence-electron chi connectivity index (χ1n) is 5.02. The maximum Gasteiger partial charge on any atom is 0.223 e. The second-order valence-electron chi connectivity index (χ2n) is 3.41. The first kappa shape index (κ1) is 11.0. The molecule has 84 valence electrons. The minimum absolute atomic E-state index is 0.599. The Kier molecular flexibility index (Phi) is 3.41. The zero-order valence-corrected chi connectivity index (χ0v) is 9.66. The van der Waals surface area contributed by atoms with Crippen LogP contribution in [0.2, 0.25) is 5.02 Å². The van der Waals surface area contributed by atoms with Gasteiger partial charge in [-0.1, -0.05) is 16.8 Å². The molecule has 0 amide bonds. The number of rotatable bonds is 4. The number of aromatic nitrogens is 2. The highest BCUT2D eigenvalue weighted by atomic mass is 35.5. The van der Waals surface area contributed by atoms with Gasteiger partial charge in [0.2, 0.25) is 5.89 Å². The summed E-state index contributed by atoms with van der Waals surface area (Å²) in [6.45, 7) is 2.55. The Morgan fingerprint density at radius 3 is 2.69 bits per heavy atom. The molecule has 0 aliphatic carbocycles. The molecule has 0 fully saturated rings. The Bertz CT molecular complexity index is 453. The second-order valence-corrected chi connectivity index (χ2v) is 3.85. The van der Waals surface area contributed by atoms with Crippen LogP contribution in [0.4, 0.5) is 5.69 Å². The molecule has 0 radical (unpaired) electrons. The van der Waals surface area contributed by atoms with Crippen molar-refractivity contribution in [2.75, 3.05) is 11.9 Å². The number of nitrogens with zero attached hydrogens (tertiary/aromatic N) is 2. The van der Waals surface area contributed by atoms with Gasteiger partial charge in [0, 0.05) is 30.6 Å². The lowest BCUT2D eigenvalue weighted by atomic mass is 10.3. The molecule has 1 heterocycles. The molecule has 4 nitrogen and oxygen atoms in total. The molecule has 1 aromatic carbocycles. The van der Waals surface area contributed by atoms with Gasteiger partial charge >= 0.3 is 0 Å². The Morgan fingerprint density at radius 1 is 1.31 bits per heavy atom. The molecular weight excluding hydrogens is 226 g/mol. The number of aryl methyl sites for hydroxylation is 1. The van der Waals surface area contributed by atoms with Gasteiger partial charge < -0.3 is 9.84 Å². The Morgan fingerprint density at radius 2 is 2.06 bits per heavy atom. The summed E-state index contributed by atoms with van der Waals surface area (Å²) in [5, 5.41) is 7.80. The lowest BCUT2D eigenvalue weighted by molar-refractivity contribution is 0.387. The van der Waals surface area contributed by atoms with Crippen molar-refractivity contribution < 1.29 is 4.52 Å². The third kappa shape index (κ3) is 2.97. The van der Waals surface area contributed by atoms with Crippen LogP contribution in [0.1, 0.15) is 11.7 Å². The second kappa shape index (κ2) is 4.99. The van der Waals surface area contributed by atoms with E-state index >= 15 is 0 Å². The number of halogens is 1. The molecule has 2 rings (SSSR count). The van der Waals surface area contributed by atoms with Crippen molar-refractivity contribution in [2.24, 2.45) is 0 Å². The van der Waals surface area contributed by atoms with Crippen molar-refractivity contribution in [2.45, 2.75) is 13.3 Å². The van der Waals surface area contributed by atoms with Crippen LogP contribution in [0, 0.1) is 6.92 Å². The summed E-state index contributed by atoms with van der Waals surface area (Å²) in [5.74, 6) is 1.32. The quantitative estimate of drug-likeness (QED) is 0.888. The van der Waals surface area contributed by atoms with E-state index in [1.165, 1.54) is 0 Å². The molecule has 0 atom stereocenters. The lowest BCUT2D eigenvalue weighted by Gasteiger charge is -2.03. The molecule has 0 saturated carbocycles. The molecule has 0 bridgehead atoms. The molecule has 0 aliphatic rings. The van der Waals surface area contributed by atoms with E-state index in [0.29, 0.717) is 5.89 Å². The maximum absolute atomic E-state index is 5.78. The average molecular weight is 238 g/mol. The van der Waals surface area contributed by atoms with Crippen LogP contribution < -0.4 is 5.32 Å². The zero-order valence-electron chi connectivity index (χ0n) is 8.90. The van der Waals surface area contributed by atoms with Crippen molar-refractivity contribution in [1.82, 2.24) is 10.1 Å². The van der Waals surface area contributed by atoms with Gasteiger partial charge in [0.1, 0.15) is 0 Å². The highest BCUT2D eigenvalue weighted by Gasteiger charge is 2.01. The third-order valence-corrected chi connectivity index (χ3v) is 2.34. The first-order valence-corrected chi connectivity index (χ1v) is 5.40. The monoisotopic (exact) mass is 237 g/mol. The van der Waals surface area contributed by atoms with E-state index in [0.717, 1.165) is 29.5 Å². The van der Waals surface area contributed by atoms with Gasteiger partial charge in [-0.15, -0.1) is 0 Å². The summed E-state index contributed by atoms with van der Waals surface area (Å²) in [6, 6.07) is 7.57. The van der Waals surface area contributed by atoms with Crippen LogP contribution in [-0.2, 0) is 6.42 Å². The van der Waals surface area contributed by atoms with Crippen LogP contribution in [-0.4, -0.2) is 16.7 Å². The fraction of sp³-hybridized carbons (Fsp3) is 0.273. The van der Waals surface area contributed by atoms with Crippen molar-refractivity contribution in [3.05, 3.63) is 41.0 Å². The van der Waals surface area contributed by atoms with Crippen LogP contribution in [0.3, 0.4) is 0 Å². The van der Waals surface area contributed by atoms with Gasteiger partial charge in [-0.25, -0.2) is 0 Å². The molecule has 0 aliphatic heterocycles. The van der Waals surface area contributed by atoms with E-state index in [4.69, 9.17) is 16.1 Å². The van der Waals surface area contributed by atoms with Crippen molar-refractivity contribution >= 4 is 17.3 Å². The molecule has 16 heavy (non-hydrogen) atoms. The van der Waals surface area contributed by atoms with E-state index in [-0.39, 0.29) is 0 Å². The minimum Gasteiger partial charge on any atom is -0.385 e. The number of anilines is 1. The molecular formula is C11H12ClN3O. The van der Waals surface area contributed by atoms with Crippen molar-refractivity contribution in [1.29, 1.82) is 0 Å². The van der Waals surface area contributed by atoms with Gasteiger partial charge in [-0.3, -0.25) is 0 Å². The average Bonchev–Trinajstić information content (AvgIpc) is 2.67. The van der Waals surface area contributed by atoms with E-state index < -0.39 is 0 Å². The van der Waals surface area contributed by atoms with Crippen molar-refractivity contribution in [3.8, 4) is 0 Å². The van der Waals surface area contributed by atoms with Crippen LogP contribution >= 0.6 is 11.6 Å². The molecule has 0 spiro atoms. The third-order valence-electron chi connectivity index (χ3n) is 2.09. The first-order chi connectivity index (χ1) is 7.74. The molecule has 0 unspecified atom stereocenters. The van der Waals surface area contributed by atoms with Crippen LogP contribution in [0.25, 0.3) is 0 Å². The normalized spacial score (nSPS) is 10.4. The molecule has 0 saturated heterocycles. The van der Waals surface area contributed by atoms with Gasteiger partial charge in [-0.05, 0) is 24.3 Å². The summed E-state index contributed by atoms with van der Waals surface area (Å²) < 4.78 is 4.88. The number of benzene rings is 1. The van der Waals surface area contributed by atoms with Crippen LogP contribution in [0.15, 0.2) is 28.8 Å². The van der Waals surface area contributed by atoms with E-state index in [1.807, 2.05) is 24.3 Å². The Hall–Kier alpha value is -1.55. The predicted molar refractivity (Wildman–Crippen MR) is 62.7 cm³/mol. The maximum atomic E-state index is 5.78. The fourth-order valence-corrected chi connectivity index (χ4v) is 1.46. The molecule has 1 N–H and O–H groups in total. The molecule has 5 heteroatoms. The highest BCUT2D eigenvalue weighted by molar-refractivity contribution is 6.30. The fourth-order valence-electron chi connectivity index (χ4n) is 1.33. The van der Waals surface area contributed by atoms with E-state index in [2.05, 4.69) is 15.5 Å². The van der Waals surface area contributed by atoms with E-state index in [9.17, 15) is 0 Å². The molecule has 1 aromatic heterocycles. The minimum atomic E-state index is 0.599. The predicted octanol–water partition coefficient (Wildman–Crippen LogP) is 2.69. The Balaban J connectivity index is 1.82. The Labute approximate surface area is 98.6 Å². The summed E-state index contributed by atoms with van der Waals surface area (Å²) >= 11 is 5.78. The van der Waals surface area contributed by atoms with Gasteiger partial charge in [0.25, 0.3) is 0 Å². The molecule has 2 aromatic rings. The van der Waals surface area contributed by atoms with Crippen molar-refractivity contribution in [3.63, 3.8) is 0 Å². The zero-order chi connectivity index (χ0) is 11.4. The summed E-state index contributed by atoms with van der Waals surface area (Å²) in [7, 11) is 0. The summed E-state index contributed by atoms with van der Waals surface area (Å²) in [5.41, 5.74) is 1.03.